The van der Waals surface area contributed by atoms with E-state index in [0.717, 1.165) is 0 Å². The number of aromatic nitrogens is 2. The van der Waals surface area contributed by atoms with Crippen molar-refractivity contribution in [3.8, 4) is 5.69 Å². The smallest absolute Gasteiger partial charge is 0.269 e. The van der Waals surface area contributed by atoms with Gasteiger partial charge >= 0.3 is 0 Å². The molecule has 0 aliphatic heterocycles. The highest BCUT2D eigenvalue weighted by Gasteiger charge is 2.22. The van der Waals surface area contributed by atoms with E-state index >= 15 is 0 Å². The first kappa shape index (κ1) is 21.1. The van der Waals surface area contributed by atoms with Crippen LogP contribution in [0.25, 0.3) is 5.69 Å². The number of nitrogens with two attached hydrogens (primary N) is 1. The van der Waals surface area contributed by atoms with E-state index in [0.29, 0.717) is 16.8 Å². The van der Waals surface area contributed by atoms with Crippen LogP contribution in [-0.2, 0) is 10.0 Å². The second-order valence-electron chi connectivity index (χ2n) is 6.66. The molecule has 1 unspecified atom stereocenters. The van der Waals surface area contributed by atoms with Crippen molar-refractivity contribution in [2.45, 2.75) is 17.9 Å². The fourth-order valence-corrected chi connectivity index (χ4v) is 3.42. The summed E-state index contributed by atoms with van der Waals surface area (Å²) in [5.74, 6) is -0.323. The summed E-state index contributed by atoms with van der Waals surface area (Å²) in [6, 6.07) is 11.4. The molecule has 2 aromatic carbocycles. The number of rotatable bonds is 6. The molecule has 1 aromatic heterocycles. The van der Waals surface area contributed by atoms with Crippen molar-refractivity contribution in [2.24, 2.45) is 5.14 Å². The van der Waals surface area contributed by atoms with Crippen LogP contribution in [0.2, 0.25) is 0 Å². The molecular formula is C19H19N5O5S. The van der Waals surface area contributed by atoms with Gasteiger partial charge in [-0.2, -0.15) is 5.10 Å². The number of nitro benzene ring substituents is 1. The van der Waals surface area contributed by atoms with Crippen LogP contribution < -0.4 is 5.14 Å². The number of sulfonamides is 1. The van der Waals surface area contributed by atoms with Crippen LogP contribution in [0.15, 0.2) is 65.8 Å². The first-order valence-electron chi connectivity index (χ1n) is 8.77. The van der Waals surface area contributed by atoms with Gasteiger partial charge in [-0.05, 0) is 36.8 Å². The Balaban J connectivity index is 1.81. The zero-order chi connectivity index (χ0) is 22.1. The number of primary sulfonamides is 1. The van der Waals surface area contributed by atoms with Gasteiger partial charge in [-0.25, -0.2) is 18.2 Å². The van der Waals surface area contributed by atoms with Crippen molar-refractivity contribution in [1.82, 2.24) is 14.7 Å². The molecular weight excluding hydrogens is 410 g/mol. The highest BCUT2D eigenvalue weighted by atomic mass is 32.2. The van der Waals surface area contributed by atoms with Crippen LogP contribution in [-0.4, -0.2) is 41.0 Å². The third-order valence-electron chi connectivity index (χ3n) is 4.72. The molecule has 156 valence electrons. The molecule has 0 aliphatic rings. The maximum Gasteiger partial charge on any atom is 0.269 e. The van der Waals surface area contributed by atoms with E-state index < -0.39 is 21.0 Å². The highest BCUT2D eigenvalue weighted by molar-refractivity contribution is 7.89. The summed E-state index contributed by atoms with van der Waals surface area (Å²) in [7, 11) is -2.25. The number of benzene rings is 2. The van der Waals surface area contributed by atoms with Crippen molar-refractivity contribution in [1.29, 1.82) is 0 Å². The van der Waals surface area contributed by atoms with E-state index in [1.54, 1.807) is 26.1 Å². The van der Waals surface area contributed by atoms with Crippen molar-refractivity contribution in [3.05, 3.63) is 82.2 Å². The van der Waals surface area contributed by atoms with E-state index in [1.165, 1.54) is 58.4 Å². The van der Waals surface area contributed by atoms with Gasteiger partial charge in [0, 0.05) is 25.4 Å². The number of non-ortho nitro benzene ring substituents is 1. The Morgan fingerprint density at radius 1 is 1.23 bits per heavy atom. The standard InChI is InChI=1S/C19H19N5O5S/c1-13(14-4-3-5-18(10-14)30(20,28)29)22(2)19(25)15-11-21-23(12-15)16-6-8-17(9-7-16)24(26)27/h3-13H,1-2H3,(H2,20,28,29). The van der Waals surface area contributed by atoms with Crippen LogP contribution in [0, 0.1) is 10.1 Å². The minimum atomic E-state index is -3.85. The normalized spacial score (nSPS) is 12.4. The largest absolute Gasteiger partial charge is 0.335 e. The van der Waals surface area contributed by atoms with Gasteiger partial charge in [0.15, 0.2) is 0 Å². The fraction of sp³-hybridized carbons (Fsp3) is 0.158. The zero-order valence-electron chi connectivity index (χ0n) is 16.2. The van der Waals surface area contributed by atoms with Crippen molar-refractivity contribution < 1.29 is 18.1 Å². The van der Waals surface area contributed by atoms with Gasteiger partial charge in [0.1, 0.15) is 0 Å². The predicted molar refractivity (Wildman–Crippen MR) is 109 cm³/mol. The van der Waals surface area contributed by atoms with E-state index in [9.17, 15) is 23.3 Å². The maximum absolute atomic E-state index is 12.9. The third-order valence-corrected chi connectivity index (χ3v) is 5.64. The summed E-state index contributed by atoms with van der Waals surface area (Å²) in [5, 5.41) is 20.1. The second kappa shape index (κ2) is 8.05. The van der Waals surface area contributed by atoms with Gasteiger partial charge in [-0.3, -0.25) is 14.9 Å². The Labute approximate surface area is 172 Å². The summed E-state index contributed by atoms with van der Waals surface area (Å²) in [6.07, 6.45) is 2.92. The zero-order valence-corrected chi connectivity index (χ0v) is 17.0. The van der Waals surface area contributed by atoms with E-state index in [2.05, 4.69) is 5.10 Å². The van der Waals surface area contributed by atoms with E-state index in [-0.39, 0.29) is 16.5 Å². The van der Waals surface area contributed by atoms with Gasteiger partial charge in [0.05, 0.1) is 33.3 Å². The van der Waals surface area contributed by atoms with Crippen LogP contribution in [0.4, 0.5) is 5.69 Å². The lowest BCUT2D eigenvalue weighted by molar-refractivity contribution is -0.384. The predicted octanol–water partition coefficient (Wildman–Crippen LogP) is 2.26. The third kappa shape index (κ3) is 4.36. The number of hydrogen-bond acceptors (Lipinski definition) is 6. The van der Waals surface area contributed by atoms with Gasteiger partial charge in [-0.1, -0.05) is 12.1 Å². The Bertz CT molecular complexity index is 1200. The summed E-state index contributed by atoms with van der Waals surface area (Å²) in [4.78, 5) is 24.6. The van der Waals surface area contributed by atoms with E-state index in [1.807, 2.05) is 0 Å². The molecule has 3 aromatic rings. The number of carbonyl (C=O) groups is 1. The molecule has 0 spiro atoms. The Kier molecular flexibility index (Phi) is 5.67. The number of carbonyl (C=O) groups excluding carboxylic acids is 1. The van der Waals surface area contributed by atoms with Crippen LogP contribution in [0.1, 0.15) is 28.9 Å². The number of hydrogen-bond donors (Lipinski definition) is 1. The molecule has 0 bridgehead atoms. The quantitative estimate of drug-likeness (QED) is 0.470. The Morgan fingerprint density at radius 2 is 1.90 bits per heavy atom. The van der Waals surface area contributed by atoms with Crippen LogP contribution >= 0.6 is 0 Å². The lowest BCUT2D eigenvalue weighted by atomic mass is 10.1. The Hall–Kier alpha value is -3.57. The molecule has 2 N–H and O–H groups in total. The average Bonchev–Trinajstić information content (AvgIpc) is 3.22. The van der Waals surface area contributed by atoms with Gasteiger partial charge in [0.2, 0.25) is 10.0 Å². The lowest BCUT2D eigenvalue weighted by Gasteiger charge is -2.25. The molecule has 1 heterocycles. The van der Waals surface area contributed by atoms with E-state index in [4.69, 9.17) is 5.14 Å². The average molecular weight is 429 g/mol. The van der Waals surface area contributed by atoms with Crippen molar-refractivity contribution in [2.75, 3.05) is 7.05 Å². The molecule has 0 radical (unpaired) electrons. The minimum absolute atomic E-state index is 0.0290. The molecule has 10 nitrogen and oxygen atoms in total. The molecule has 0 saturated carbocycles. The molecule has 3 rings (SSSR count). The summed E-state index contributed by atoms with van der Waals surface area (Å²) in [6.45, 7) is 1.76. The fourth-order valence-electron chi connectivity index (χ4n) is 2.86. The second-order valence-corrected chi connectivity index (χ2v) is 8.22. The van der Waals surface area contributed by atoms with Gasteiger partial charge in [-0.15, -0.1) is 0 Å². The SMILES string of the molecule is CC(c1cccc(S(N)(=O)=O)c1)N(C)C(=O)c1cnn(-c2ccc([N+](=O)[O-])cc2)c1. The van der Waals surface area contributed by atoms with Crippen LogP contribution in [0.5, 0.6) is 0 Å². The summed E-state index contributed by atoms with van der Waals surface area (Å²) in [5.41, 5.74) is 1.44. The summed E-state index contributed by atoms with van der Waals surface area (Å²) < 4.78 is 24.6. The lowest BCUT2D eigenvalue weighted by Crippen LogP contribution is -2.29. The molecule has 0 aliphatic carbocycles. The Morgan fingerprint density at radius 3 is 2.50 bits per heavy atom. The van der Waals surface area contributed by atoms with Gasteiger partial charge in [0.25, 0.3) is 11.6 Å². The number of nitrogens with zero attached hydrogens (tertiary/aromatic N) is 4. The molecule has 0 fully saturated rings. The molecule has 1 atom stereocenters. The maximum atomic E-state index is 12.9. The topological polar surface area (TPSA) is 141 Å². The number of amides is 1. The molecule has 1 amide bonds. The first-order valence-corrected chi connectivity index (χ1v) is 10.3. The highest BCUT2D eigenvalue weighted by Crippen LogP contribution is 2.23. The van der Waals surface area contributed by atoms with Crippen molar-refractivity contribution in [3.63, 3.8) is 0 Å². The van der Waals surface area contributed by atoms with Gasteiger partial charge < -0.3 is 4.90 Å². The molecule has 0 saturated heterocycles. The monoisotopic (exact) mass is 429 g/mol. The number of nitro groups is 1. The first-order chi connectivity index (χ1) is 14.1. The molecule has 30 heavy (non-hydrogen) atoms. The van der Waals surface area contributed by atoms with Crippen molar-refractivity contribution >= 4 is 21.6 Å². The summed E-state index contributed by atoms with van der Waals surface area (Å²) >= 11 is 0. The molecule has 11 heteroatoms. The minimum Gasteiger partial charge on any atom is -0.335 e. The van der Waals surface area contributed by atoms with Crippen LogP contribution in [0.3, 0.4) is 0 Å².